The number of rotatable bonds is 2. The van der Waals surface area contributed by atoms with Crippen LogP contribution in [-0.4, -0.2) is 65.5 Å². The van der Waals surface area contributed by atoms with Gasteiger partial charge in [0.2, 0.25) is 5.91 Å². The van der Waals surface area contributed by atoms with Gasteiger partial charge in [-0.15, -0.1) is 0 Å². The van der Waals surface area contributed by atoms with Crippen molar-refractivity contribution in [1.82, 2.24) is 20.4 Å². The first-order chi connectivity index (χ1) is 16.5. The molecule has 3 saturated heterocycles. The van der Waals surface area contributed by atoms with Crippen molar-refractivity contribution in [2.75, 3.05) is 26.2 Å². The first-order valence-corrected chi connectivity index (χ1v) is 12.6. The second kappa shape index (κ2) is 8.36. The Labute approximate surface area is 200 Å². The molecule has 3 fully saturated rings. The van der Waals surface area contributed by atoms with Crippen molar-refractivity contribution in [3.05, 3.63) is 60.2 Å². The molecule has 6 heteroatoms. The lowest BCUT2D eigenvalue weighted by molar-refractivity contribution is -0.126. The quantitative estimate of drug-likeness (QED) is 0.580. The highest BCUT2D eigenvalue weighted by Gasteiger charge is 2.48. The summed E-state index contributed by atoms with van der Waals surface area (Å²) in [7, 11) is 0. The standard InChI is InChI=1S/C28H32N4O2/c1-19-29-27(34)28(30-19)13-6-14-32(18-28)22-11-15-31(16-12-22)26(33)25-23-9-4-2-7-20(23)17-21-8-3-5-10-24(21)25/h2-5,7-10,17,19,22,30H,6,11-16,18H2,1H3,(H,29,34). The van der Waals surface area contributed by atoms with E-state index in [1.54, 1.807) is 0 Å². The van der Waals surface area contributed by atoms with Crippen molar-refractivity contribution < 1.29 is 9.59 Å². The van der Waals surface area contributed by atoms with Gasteiger partial charge in [0.1, 0.15) is 5.54 Å². The molecule has 0 bridgehead atoms. The Morgan fingerprint density at radius 3 is 2.24 bits per heavy atom. The number of likely N-dealkylation sites (tertiary alicyclic amines) is 2. The van der Waals surface area contributed by atoms with Gasteiger partial charge in [-0.2, -0.15) is 0 Å². The topological polar surface area (TPSA) is 64.7 Å². The number of nitrogens with one attached hydrogen (secondary N) is 2. The zero-order chi connectivity index (χ0) is 23.3. The van der Waals surface area contributed by atoms with Gasteiger partial charge in [0.05, 0.1) is 11.7 Å². The molecule has 2 amide bonds. The number of fused-ring (bicyclic) bond motifs is 2. The zero-order valence-corrected chi connectivity index (χ0v) is 19.7. The van der Waals surface area contributed by atoms with Crippen LogP contribution in [0.5, 0.6) is 0 Å². The number of carbonyl (C=O) groups is 2. The molecular weight excluding hydrogens is 424 g/mol. The number of benzene rings is 3. The summed E-state index contributed by atoms with van der Waals surface area (Å²) < 4.78 is 0. The molecule has 0 aromatic heterocycles. The van der Waals surface area contributed by atoms with Gasteiger partial charge in [-0.25, -0.2) is 0 Å². The van der Waals surface area contributed by atoms with Crippen molar-refractivity contribution in [3.8, 4) is 0 Å². The summed E-state index contributed by atoms with van der Waals surface area (Å²) in [5, 5.41) is 10.8. The Hall–Kier alpha value is -2.96. The van der Waals surface area contributed by atoms with Gasteiger partial charge in [0.25, 0.3) is 5.91 Å². The zero-order valence-electron chi connectivity index (χ0n) is 19.7. The number of amides is 2. The van der Waals surface area contributed by atoms with Crippen LogP contribution in [-0.2, 0) is 4.79 Å². The number of hydrogen-bond acceptors (Lipinski definition) is 4. The Kier molecular flexibility index (Phi) is 5.30. The Morgan fingerprint density at radius 2 is 1.62 bits per heavy atom. The number of nitrogens with zero attached hydrogens (tertiary/aromatic N) is 2. The molecular formula is C28H32N4O2. The van der Waals surface area contributed by atoms with E-state index < -0.39 is 5.54 Å². The summed E-state index contributed by atoms with van der Waals surface area (Å²) >= 11 is 0. The highest BCUT2D eigenvalue weighted by molar-refractivity contribution is 6.18. The van der Waals surface area contributed by atoms with Gasteiger partial charge >= 0.3 is 0 Å². The second-order valence-electron chi connectivity index (χ2n) is 10.2. The number of piperidine rings is 2. The summed E-state index contributed by atoms with van der Waals surface area (Å²) in [6, 6.07) is 19.0. The minimum Gasteiger partial charge on any atom is -0.339 e. The first kappa shape index (κ1) is 21.6. The van der Waals surface area contributed by atoms with Gasteiger partial charge in [0.15, 0.2) is 0 Å². The minimum atomic E-state index is -0.452. The van der Waals surface area contributed by atoms with E-state index in [1.165, 1.54) is 0 Å². The molecule has 176 valence electrons. The molecule has 2 unspecified atom stereocenters. The third kappa shape index (κ3) is 3.56. The van der Waals surface area contributed by atoms with Crippen LogP contribution in [0.2, 0.25) is 0 Å². The number of hydrogen-bond donors (Lipinski definition) is 2. The van der Waals surface area contributed by atoms with E-state index in [1.807, 2.05) is 36.1 Å². The van der Waals surface area contributed by atoms with E-state index >= 15 is 0 Å². The SMILES string of the molecule is CC1NC(=O)C2(CCCN(C3CCN(C(=O)c4c5ccccc5cc5ccccc45)CC3)C2)N1. The second-order valence-corrected chi connectivity index (χ2v) is 10.2. The predicted octanol–water partition coefficient (Wildman–Crippen LogP) is 3.50. The van der Waals surface area contributed by atoms with E-state index in [2.05, 4.69) is 45.9 Å². The van der Waals surface area contributed by atoms with Crippen LogP contribution < -0.4 is 10.6 Å². The fourth-order valence-corrected chi connectivity index (χ4v) is 6.39. The molecule has 0 radical (unpaired) electrons. The minimum absolute atomic E-state index is 0.0300. The molecule has 6 rings (SSSR count). The van der Waals surface area contributed by atoms with Crippen molar-refractivity contribution >= 4 is 33.4 Å². The third-order valence-corrected chi connectivity index (χ3v) is 8.05. The summed E-state index contributed by atoms with van der Waals surface area (Å²) in [6.45, 7) is 5.29. The fraction of sp³-hybridized carbons (Fsp3) is 0.429. The van der Waals surface area contributed by atoms with E-state index in [0.29, 0.717) is 6.04 Å². The van der Waals surface area contributed by atoms with Crippen LogP contribution in [0.1, 0.15) is 43.0 Å². The monoisotopic (exact) mass is 456 g/mol. The van der Waals surface area contributed by atoms with E-state index in [0.717, 1.165) is 79.0 Å². The van der Waals surface area contributed by atoms with E-state index in [9.17, 15) is 9.59 Å². The Morgan fingerprint density at radius 1 is 0.971 bits per heavy atom. The molecule has 0 saturated carbocycles. The van der Waals surface area contributed by atoms with Crippen LogP contribution in [0.15, 0.2) is 54.6 Å². The molecule has 3 aliphatic rings. The highest BCUT2D eigenvalue weighted by Crippen LogP contribution is 2.32. The predicted molar refractivity (Wildman–Crippen MR) is 135 cm³/mol. The average Bonchev–Trinajstić information content (AvgIpc) is 3.13. The average molecular weight is 457 g/mol. The van der Waals surface area contributed by atoms with Gasteiger partial charge in [-0.3, -0.25) is 19.8 Å². The molecule has 3 heterocycles. The summed E-state index contributed by atoms with van der Waals surface area (Å²) in [5.41, 5.74) is 0.372. The highest BCUT2D eigenvalue weighted by atomic mass is 16.2. The third-order valence-electron chi connectivity index (χ3n) is 8.05. The molecule has 3 aromatic carbocycles. The van der Waals surface area contributed by atoms with Gasteiger partial charge in [-0.1, -0.05) is 48.5 Å². The van der Waals surface area contributed by atoms with Gasteiger partial charge in [0, 0.05) is 25.7 Å². The van der Waals surface area contributed by atoms with E-state index in [-0.39, 0.29) is 18.0 Å². The first-order valence-electron chi connectivity index (χ1n) is 12.6. The van der Waals surface area contributed by atoms with Crippen LogP contribution in [0.4, 0.5) is 0 Å². The maximum Gasteiger partial charge on any atom is 0.255 e. The van der Waals surface area contributed by atoms with Crippen molar-refractivity contribution in [1.29, 1.82) is 0 Å². The summed E-state index contributed by atoms with van der Waals surface area (Å²) in [4.78, 5) is 31.0. The van der Waals surface area contributed by atoms with Crippen molar-refractivity contribution in [2.45, 2.75) is 50.4 Å². The molecule has 0 aliphatic carbocycles. The molecule has 2 atom stereocenters. The van der Waals surface area contributed by atoms with Crippen LogP contribution >= 0.6 is 0 Å². The summed E-state index contributed by atoms with van der Waals surface area (Å²) in [6.07, 6.45) is 3.84. The molecule has 2 N–H and O–H groups in total. The maximum absolute atomic E-state index is 13.8. The Bertz CT molecular complexity index is 1210. The van der Waals surface area contributed by atoms with E-state index in [4.69, 9.17) is 0 Å². The normalized spacial score (nSPS) is 26.4. The van der Waals surface area contributed by atoms with Crippen LogP contribution in [0, 0.1) is 0 Å². The molecule has 34 heavy (non-hydrogen) atoms. The van der Waals surface area contributed by atoms with Crippen molar-refractivity contribution in [2.24, 2.45) is 0 Å². The molecule has 3 aromatic rings. The van der Waals surface area contributed by atoms with Crippen LogP contribution in [0.3, 0.4) is 0 Å². The molecule has 3 aliphatic heterocycles. The lowest BCUT2D eigenvalue weighted by Gasteiger charge is -2.45. The maximum atomic E-state index is 13.8. The van der Waals surface area contributed by atoms with Gasteiger partial charge < -0.3 is 10.2 Å². The largest absolute Gasteiger partial charge is 0.339 e. The van der Waals surface area contributed by atoms with Gasteiger partial charge in [-0.05, 0) is 66.8 Å². The van der Waals surface area contributed by atoms with Crippen molar-refractivity contribution in [3.63, 3.8) is 0 Å². The summed E-state index contributed by atoms with van der Waals surface area (Å²) in [5.74, 6) is 0.271. The molecule has 6 nitrogen and oxygen atoms in total. The fourth-order valence-electron chi connectivity index (χ4n) is 6.39. The lowest BCUT2D eigenvalue weighted by Crippen LogP contribution is -2.61. The number of carbonyl (C=O) groups excluding carboxylic acids is 2. The lowest BCUT2D eigenvalue weighted by atomic mass is 9.87. The smallest absolute Gasteiger partial charge is 0.255 e. The molecule has 1 spiro atoms. The van der Waals surface area contributed by atoms with Crippen LogP contribution in [0.25, 0.3) is 21.5 Å². The Balaban J connectivity index is 1.21.